The Labute approximate surface area is 63.4 Å². The maximum absolute atomic E-state index is 10.3. The van der Waals surface area contributed by atoms with Crippen molar-refractivity contribution in [2.75, 3.05) is 6.61 Å². The summed E-state index contributed by atoms with van der Waals surface area (Å²) in [6, 6.07) is 1.34. The normalized spacial score (nSPS) is 9.55. The van der Waals surface area contributed by atoms with E-state index in [9.17, 15) is 4.79 Å². The molecule has 1 N–H and O–H groups in total. The van der Waals surface area contributed by atoms with Gasteiger partial charge in [-0.05, 0) is 6.92 Å². The Morgan fingerprint density at radius 2 is 2.55 bits per heavy atom. The molecule has 0 amide bonds. The third-order valence-corrected chi connectivity index (χ3v) is 1.11. The Kier molecular flexibility index (Phi) is 2.15. The molecule has 1 aromatic rings. The van der Waals surface area contributed by atoms with Crippen LogP contribution in [0.5, 0.6) is 5.95 Å². The molecule has 0 unspecified atom stereocenters. The van der Waals surface area contributed by atoms with E-state index in [2.05, 4.69) is 0 Å². The van der Waals surface area contributed by atoms with Gasteiger partial charge >= 0.3 is 5.97 Å². The SMILES string of the molecule is CCOc1cc(C(=O)O)co1. The van der Waals surface area contributed by atoms with Crippen molar-refractivity contribution in [2.45, 2.75) is 6.92 Å². The highest BCUT2D eigenvalue weighted by Crippen LogP contribution is 2.15. The standard InChI is InChI=1S/C7H8O4/c1-2-10-6-3-5(4-11-6)7(8)9/h3-4H,2H2,1H3,(H,8,9). The first kappa shape index (κ1) is 7.65. The molecule has 1 aromatic heterocycles. The van der Waals surface area contributed by atoms with Crippen LogP contribution in [0.1, 0.15) is 17.3 Å². The second-order valence-electron chi connectivity index (χ2n) is 1.89. The quantitative estimate of drug-likeness (QED) is 0.718. The van der Waals surface area contributed by atoms with Crippen LogP contribution in [0, 0.1) is 0 Å². The van der Waals surface area contributed by atoms with Crippen LogP contribution in [0.4, 0.5) is 0 Å². The molecule has 0 bridgehead atoms. The number of carbonyl (C=O) groups is 1. The largest absolute Gasteiger partial charge is 0.478 e. The van der Waals surface area contributed by atoms with Crippen LogP contribution < -0.4 is 4.74 Å². The van der Waals surface area contributed by atoms with E-state index >= 15 is 0 Å². The summed E-state index contributed by atoms with van der Waals surface area (Å²) < 4.78 is 9.67. The summed E-state index contributed by atoms with van der Waals surface area (Å²) in [4.78, 5) is 10.3. The van der Waals surface area contributed by atoms with Gasteiger partial charge in [-0.1, -0.05) is 0 Å². The van der Waals surface area contributed by atoms with Gasteiger partial charge in [-0.15, -0.1) is 0 Å². The first-order valence-corrected chi connectivity index (χ1v) is 3.18. The van der Waals surface area contributed by atoms with Gasteiger partial charge in [0, 0.05) is 6.07 Å². The molecule has 0 atom stereocenters. The molecular weight excluding hydrogens is 148 g/mol. The fraction of sp³-hybridized carbons (Fsp3) is 0.286. The van der Waals surface area contributed by atoms with E-state index in [1.165, 1.54) is 6.07 Å². The molecule has 0 aliphatic heterocycles. The van der Waals surface area contributed by atoms with Crippen LogP contribution in [0.3, 0.4) is 0 Å². The smallest absolute Gasteiger partial charge is 0.339 e. The van der Waals surface area contributed by atoms with Crippen LogP contribution >= 0.6 is 0 Å². The molecule has 0 spiro atoms. The van der Waals surface area contributed by atoms with Crippen molar-refractivity contribution in [3.63, 3.8) is 0 Å². The summed E-state index contributed by atoms with van der Waals surface area (Å²) in [7, 11) is 0. The minimum absolute atomic E-state index is 0.105. The molecule has 1 heterocycles. The number of carboxylic acid groups (broad SMARTS) is 1. The number of ether oxygens (including phenoxy) is 1. The number of hydrogen-bond donors (Lipinski definition) is 1. The molecule has 0 saturated heterocycles. The van der Waals surface area contributed by atoms with E-state index in [1.54, 1.807) is 6.92 Å². The van der Waals surface area contributed by atoms with Gasteiger partial charge in [0.25, 0.3) is 5.95 Å². The molecule has 4 nitrogen and oxygen atoms in total. The van der Waals surface area contributed by atoms with Gasteiger partial charge in [0.15, 0.2) is 0 Å². The molecule has 0 aromatic carbocycles. The van der Waals surface area contributed by atoms with E-state index in [0.29, 0.717) is 6.61 Å². The van der Waals surface area contributed by atoms with Crippen LogP contribution in [0.15, 0.2) is 16.7 Å². The van der Waals surface area contributed by atoms with Gasteiger partial charge in [0.1, 0.15) is 11.8 Å². The molecule has 0 aliphatic carbocycles. The Bertz CT molecular complexity index is 251. The Morgan fingerprint density at radius 3 is 3.00 bits per heavy atom. The average Bonchev–Trinajstić information content (AvgIpc) is 2.37. The average molecular weight is 156 g/mol. The zero-order valence-corrected chi connectivity index (χ0v) is 6.03. The lowest BCUT2D eigenvalue weighted by Crippen LogP contribution is -1.92. The molecule has 11 heavy (non-hydrogen) atoms. The first-order chi connectivity index (χ1) is 5.24. The van der Waals surface area contributed by atoms with Gasteiger partial charge in [0.05, 0.1) is 6.61 Å². The molecule has 0 saturated carbocycles. The van der Waals surface area contributed by atoms with E-state index in [4.69, 9.17) is 14.3 Å². The van der Waals surface area contributed by atoms with Gasteiger partial charge in [0.2, 0.25) is 0 Å². The highest BCUT2D eigenvalue weighted by atomic mass is 16.6. The minimum Gasteiger partial charge on any atom is -0.478 e. The highest BCUT2D eigenvalue weighted by Gasteiger charge is 2.07. The monoisotopic (exact) mass is 156 g/mol. The minimum atomic E-state index is -1.01. The van der Waals surface area contributed by atoms with Crippen LogP contribution in [0.25, 0.3) is 0 Å². The Balaban J connectivity index is 2.73. The van der Waals surface area contributed by atoms with Crippen molar-refractivity contribution in [1.29, 1.82) is 0 Å². The molecular formula is C7H8O4. The predicted molar refractivity (Wildman–Crippen MR) is 36.8 cm³/mol. The lowest BCUT2D eigenvalue weighted by atomic mass is 10.3. The summed E-state index contributed by atoms with van der Waals surface area (Å²) in [5.41, 5.74) is 0.105. The predicted octanol–water partition coefficient (Wildman–Crippen LogP) is 1.38. The number of aromatic carboxylic acids is 1. The third-order valence-electron chi connectivity index (χ3n) is 1.11. The second kappa shape index (κ2) is 3.09. The lowest BCUT2D eigenvalue weighted by molar-refractivity contribution is 0.0696. The van der Waals surface area contributed by atoms with Crippen LogP contribution in [-0.4, -0.2) is 17.7 Å². The molecule has 4 heteroatoms. The summed E-state index contributed by atoms with van der Waals surface area (Å²) in [6.45, 7) is 2.26. The van der Waals surface area contributed by atoms with Gasteiger partial charge < -0.3 is 14.3 Å². The number of rotatable bonds is 3. The summed E-state index contributed by atoms with van der Waals surface area (Å²) >= 11 is 0. The van der Waals surface area contributed by atoms with E-state index < -0.39 is 5.97 Å². The van der Waals surface area contributed by atoms with Gasteiger partial charge in [-0.2, -0.15) is 0 Å². The topological polar surface area (TPSA) is 59.7 Å². The number of furan rings is 1. The van der Waals surface area contributed by atoms with Crippen molar-refractivity contribution < 1.29 is 19.1 Å². The molecule has 1 rings (SSSR count). The summed E-state index contributed by atoms with van der Waals surface area (Å²) in [5.74, 6) is -0.774. The highest BCUT2D eigenvalue weighted by molar-refractivity contribution is 5.87. The van der Waals surface area contributed by atoms with Crippen LogP contribution in [-0.2, 0) is 0 Å². The van der Waals surface area contributed by atoms with Crippen molar-refractivity contribution in [3.05, 3.63) is 17.9 Å². The van der Waals surface area contributed by atoms with E-state index in [-0.39, 0.29) is 11.5 Å². The maximum atomic E-state index is 10.3. The molecule has 0 aliphatic rings. The fourth-order valence-corrected chi connectivity index (χ4v) is 0.647. The second-order valence-corrected chi connectivity index (χ2v) is 1.89. The third kappa shape index (κ3) is 1.73. The Morgan fingerprint density at radius 1 is 1.82 bits per heavy atom. The summed E-state index contributed by atoms with van der Waals surface area (Å²) in [6.07, 6.45) is 1.15. The zero-order chi connectivity index (χ0) is 8.27. The number of carboxylic acids is 1. The lowest BCUT2D eigenvalue weighted by Gasteiger charge is -1.92. The van der Waals surface area contributed by atoms with E-state index in [1.807, 2.05) is 0 Å². The van der Waals surface area contributed by atoms with Crippen molar-refractivity contribution in [3.8, 4) is 5.95 Å². The van der Waals surface area contributed by atoms with E-state index in [0.717, 1.165) is 6.26 Å². The van der Waals surface area contributed by atoms with Crippen molar-refractivity contribution in [1.82, 2.24) is 0 Å². The number of hydrogen-bond acceptors (Lipinski definition) is 3. The molecule has 0 fully saturated rings. The zero-order valence-electron chi connectivity index (χ0n) is 6.03. The van der Waals surface area contributed by atoms with Crippen molar-refractivity contribution in [2.24, 2.45) is 0 Å². The van der Waals surface area contributed by atoms with Crippen LogP contribution in [0.2, 0.25) is 0 Å². The molecule has 0 radical (unpaired) electrons. The summed E-state index contributed by atoms with van der Waals surface area (Å²) in [5, 5.41) is 8.45. The first-order valence-electron chi connectivity index (χ1n) is 3.18. The Hall–Kier alpha value is -1.45. The maximum Gasteiger partial charge on any atom is 0.339 e. The fourth-order valence-electron chi connectivity index (χ4n) is 0.647. The van der Waals surface area contributed by atoms with Gasteiger partial charge in [-0.25, -0.2) is 4.79 Å². The molecule has 60 valence electrons. The van der Waals surface area contributed by atoms with Crippen molar-refractivity contribution >= 4 is 5.97 Å². The van der Waals surface area contributed by atoms with Gasteiger partial charge in [-0.3, -0.25) is 0 Å².